The highest BCUT2D eigenvalue weighted by Crippen LogP contribution is 2.12. The molecule has 2 aromatic carbocycles. The molecule has 0 fully saturated rings. The summed E-state index contributed by atoms with van der Waals surface area (Å²) in [6.07, 6.45) is 3.52. The second kappa shape index (κ2) is 9.09. The van der Waals surface area contributed by atoms with Crippen molar-refractivity contribution in [3.63, 3.8) is 0 Å². The first-order valence-corrected chi connectivity index (χ1v) is 11.0. The van der Waals surface area contributed by atoms with Crippen molar-refractivity contribution in [1.82, 2.24) is 9.44 Å². The molecule has 29 heavy (non-hydrogen) atoms. The molecule has 2 rings (SSSR count). The molecule has 0 atom stereocenters. The maximum atomic E-state index is 13.4. The van der Waals surface area contributed by atoms with Gasteiger partial charge in [-0.25, -0.2) is 34.4 Å². The third-order valence-corrected chi connectivity index (χ3v) is 6.73. The van der Waals surface area contributed by atoms with Crippen molar-refractivity contribution >= 4 is 32.2 Å². The molecule has 0 bridgehead atoms. The van der Waals surface area contributed by atoms with Crippen LogP contribution in [0.4, 0.5) is 17.6 Å². The lowest BCUT2D eigenvalue weighted by Gasteiger charge is -2.06. The predicted molar refractivity (Wildman–Crippen MR) is 99.8 cm³/mol. The van der Waals surface area contributed by atoms with Crippen LogP contribution in [-0.2, 0) is 20.0 Å². The van der Waals surface area contributed by atoms with E-state index in [1.807, 2.05) is 9.44 Å². The summed E-state index contributed by atoms with van der Waals surface area (Å²) in [4.78, 5) is 0. The van der Waals surface area contributed by atoms with Crippen LogP contribution < -0.4 is 9.44 Å². The first kappa shape index (κ1) is 22.4. The number of rotatable bonds is 8. The Balaban J connectivity index is 1.98. The zero-order chi connectivity index (χ0) is 21.7. The average Bonchev–Trinajstić information content (AvgIpc) is 2.57. The lowest BCUT2D eigenvalue weighted by Crippen LogP contribution is -2.32. The lowest BCUT2D eigenvalue weighted by molar-refractivity contribution is 0.579. The number of halogens is 4. The van der Waals surface area contributed by atoms with Gasteiger partial charge in [-0.2, -0.15) is 0 Å². The molecule has 0 saturated heterocycles. The minimum absolute atomic E-state index is 0.126. The van der Waals surface area contributed by atoms with E-state index in [0.717, 1.165) is 48.8 Å². The molecule has 0 spiro atoms. The monoisotopic (exact) mass is 450 g/mol. The Hall–Kier alpha value is -2.86. The Kier molecular flexibility index (Phi) is 7.03. The SMILES string of the molecule is O=S(=O)(CS(=O)(=O)N/C=C/c1ccc(F)cc1F)N/C=C/c1ccc(F)cc1F. The van der Waals surface area contributed by atoms with Gasteiger partial charge in [0.1, 0.15) is 23.3 Å². The largest absolute Gasteiger partial charge is 0.289 e. The maximum absolute atomic E-state index is 13.4. The second-order valence-corrected chi connectivity index (χ2v) is 9.45. The van der Waals surface area contributed by atoms with Gasteiger partial charge < -0.3 is 0 Å². The summed E-state index contributed by atoms with van der Waals surface area (Å²) in [6, 6.07) is 5.24. The molecule has 0 aliphatic rings. The van der Waals surface area contributed by atoms with Gasteiger partial charge in [-0.15, -0.1) is 0 Å². The first-order valence-electron chi connectivity index (χ1n) is 7.71. The van der Waals surface area contributed by atoms with Gasteiger partial charge in [-0.05, 0) is 36.4 Å². The zero-order valence-electron chi connectivity index (χ0n) is 14.4. The Bertz CT molecular complexity index is 1070. The van der Waals surface area contributed by atoms with E-state index in [9.17, 15) is 34.4 Å². The van der Waals surface area contributed by atoms with Crippen molar-refractivity contribution in [3.8, 4) is 0 Å². The maximum Gasteiger partial charge on any atom is 0.248 e. The number of sulfonamides is 2. The summed E-state index contributed by atoms with van der Waals surface area (Å²) in [5.74, 6) is -3.50. The van der Waals surface area contributed by atoms with E-state index >= 15 is 0 Å². The predicted octanol–water partition coefficient (Wildman–Crippen LogP) is 2.68. The second-order valence-electron chi connectivity index (χ2n) is 5.58. The van der Waals surface area contributed by atoms with Crippen LogP contribution in [0.3, 0.4) is 0 Å². The number of hydrogen-bond donors (Lipinski definition) is 2. The van der Waals surface area contributed by atoms with Crippen LogP contribution in [-0.4, -0.2) is 21.9 Å². The van der Waals surface area contributed by atoms with E-state index in [-0.39, 0.29) is 11.1 Å². The van der Waals surface area contributed by atoms with E-state index in [1.54, 1.807) is 0 Å². The number of hydrogen-bond acceptors (Lipinski definition) is 4. The molecule has 12 heteroatoms. The van der Waals surface area contributed by atoms with Crippen LogP contribution in [0.5, 0.6) is 0 Å². The molecule has 156 valence electrons. The minimum atomic E-state index is -4.38. The van der Waals surface area contributed by atoms with Crippen molar-refractivity contribution in [3.05, 3.63) is 83.2 Å². The lowest BCUT2D eigenvalue weighted by atomic mass is 10.2. The summed E-state index contributed by atoms with van der Waals surface area (Å²) in [6.45, 7) is 0. The van der Waals surface area contributed by atoms with Gasteiger partial charge in [0.25, 0.3) is 0 Å². The summed E-state index contributed by atoms with van der Waals surface area (Å²) < 4.78 is 103. The van der Waals surface area contributed by atoms with Crippen LogP contribution in [0, 0.1) is 23.3 Å². The first-order chi connectivity index (χ1) is 13.5. The van der Waals surface area contributed by atoms with Crippen molar-refractivity contribution in [2.24, 2.45) is 0 Å². The molecular weight excluding hydrogens is 436 g/mol. The van der Waals surface area contributed by atoms with Crippen molar-refractivity contribution in [2.75, 3.05) is 5.08 Å². The summed E-state index contributed by atoms with van der Waals surface area (Å²) >= 11 is 0. The van der Waals surface area contributed by atoms with E-state index in [4.69, 9.17) is 0 Å². The fourth-order valence-corrected chi connectivity index (χ4v) is 4.73. The van der Waals surface area contributed by atoms with E-state index in [2.05, 4.69) is 0 Å². The van der Waals surface area contributed by atoms with Crippen molar-refractivity contribution in [1.29, 1.82) is 0 Å². The highest BCUT2D eigenvalue weighted by molar-refractivity contribution is 8.06. The van der Waals surface area contributed by atoms with Gasteiger partial charge in [0.05, 0.1) is 0 Å². The third-order valence-electron chi connectivity index (χ3n) is 3.26. The molecule has 0 saturated carbocycles. The van der Waals surface area contributed by atoms with Crippen LogP contribution >= 0.6 is 0 Å². The minimum Gasteiger partial charge on any atom is -0.289 e. The Morgan fingerprint density at radius 1 is 0.690 bits per heavy atom. The molecule has 2 N–H and O–H groups in total. The molecule has 2 aromatic rings. The molecule has 0 unspecified atom stereocenters. The van der Waals surface area contributed by atoms with Gasteiger partial charge in [0, 0.05) is 35.7 Å². The van der Waals surface area contributed by atoms with Gasteiger partial charge in [-0.1, -0.05) is 0 Å². The van der Waals surface area contributed by atoms with Gasteiger partial charge in [0.2, 0.25) is 20.0 Å². The highest BCUT2D eigenvalue weighted by Gasteiger charge is 2.20. The van der Waals surface area contributed by atoms with Gasteiger partial charge in [0.15, 0.2) is 5.08 Å². The summed E-state index contributed by atoms with van der Waals surface area (Å²) in [7, 11) is -8.76. The average molecular weight is 450 g/mol. The van der Waals surface area contributed by atoms with Gasteiger partial charge in [-0.3, -0.25) is 9.44 Å². The van der Waals surface area contributed by atoms with E-state index in [0.29, 0.717) is 12.1 Å². The van der Waals surface area contributed by atoms with E-state index in [1.165, 1.54) is 0 Å². The van der Waals surface area contributed by atoms with Crippen LogP contribution in [0.1, 0.15) is 11.1 Å². The van der Waals surface area contributed by atoms with Crippen molar-refractivity contribution in [2.45, 2.75) is 0 Å². The normalized spacial score (nSPS) is 12.6. The summed E-state index contributed by atoms with van der Waals surface area (Å²) in [5.41, 5.74) is -0.251. The highest BCUT2D eigenvalue weighted by atomic mass is 32.3. The third kappa shape index (κ3) is 7.23. The fraction of sp³-hybridized carbons (Fsp3) is 0.0588. The molecule has 0 aliphatic heterocycles. The Morgan fingerprint density at radius 3 is 1.41 bits per heavy atom. The number of nitrogens with one attached hydrogen (secondary N) is 2. The zero-order valence-corrected chi connectivity index (χ0v) is 16.1. The number of benzene rings is 2. The molecular formula is C17H14F4N2O4S2. The van der Waals surface area contributed by atoms with Gasteiger partial charge >= 0.3 is 0 Å². The van der Waals surface area contributed by atoms with Crippen molar-refractivity contribution < 1.29 is 34.4 Å². The molecule has 6 nitrogen and oxygen atoms in total. The topological polar surface area (TPSA) is 92.3 Å². The summed E-state index contributed by atoms with van der Waals surface area (Å²) in [5, 5.41) is -1.38. The standard InChI is InChI=1S/C17H14F4N2O4S2/c18-14-3-1-12(16(20)9-14)5-7-22-28(24,25)11-29(26,27)23-8-6-13-2-4-15(19)10-17(13)21/h1-10,22-23H,11H2/b7-5+,8-6+. The smallest absolute Gasteiger partial charge is 0.248 e. The van der Waals surface area contributed by atoms with Crippen LogP contribution in [0.2, 0.25) is 0 Å². The van der Waals surface area contributed by atoms with Crippen LogP contribution in [0.15, 0.2) is 48.8 Å². The Labute approximate surface area is 164 Å². The Morgan fingerprint density at radius 2 is 1.07 bits per heavy atom. The molecule has 0 aromatic heterocycles. The molecule has 0 aliphatic carbocycles. The molecule has 0 radical (unpaired) electrons. The quantitative estimate of drug-likeness (QED) is 0.605. The fourth-order valence-electron chi connectivity index (χ4n) is 2.00. The van der Waals surface area contributed by atoms with E-state index < -0.39 is 48.4 Å². The molecule has 0 amide bonds. The molecule has 0 heterocycles. The van der Waals surface area contributed by atoms with Crippen LogP contribution in [0.25, 0.3) is 12.2 Å².